The number of halogens is 1. The molecule has 27 heavy (non-hydrogen) atoms. The summed E-state index contributed by atoms with van der Waals surface area (Å²) >= 11 is 0. The lowest BCUT2D eigenvalue weighted by molar-refractivity contribution is -0.930. The molecule has 1 fully saturated rings. The predicted octanol–water partition coefficient (Wildman–Crippen LogP) is 4.17. The first kappa shape index (κ1) is 17.7. The Bertz CT molecular complexity index is 981. The largest absolute Gasteiger partial charge is 0.493 e. The van der Waals surface area contributed by atoms with Crippen molar-refractivity contribution in [1.82, 2.24) is 4.57 Å². The van der Waals surface area contributed by atoms with Gasteiger partial charge < -0.3 is 10.0 Å². The van der Waals surface area contributed by atoms with Crippen molar-refractivity contribution >= 4 is 22.3 Å². The van der Waals surface area contributed by atoms with Crippen molar-refractivity contribution in [3.8, 4) is 5.88 Å². The number of azo groups is 1. The molecule has 4 rings (SSSR count). The molecule has 1 saturated heterocycles. The summed E-state index contributed by atoms with van der Waals surface area (Å²) in [4.78, 5) is 1.45. The lowest BCUT2D eigenvalue weighted by Crippen LogP contribution is -3.12. The Hall–Kier alpha value is -2.73. The minimum atomic E-state index is -0.434. The number of aromatic nitrogens is 1. The number of hydrogen-bond acceptors (Lipinski definition) is 3. The van der Waals surface area contributed by atoms with Gasteiger partial charge in [0.05, 0.1) is 18.6 Å². The van der Waals surface area contributed by atoms with E-state index in [-0.39, 0.29) is 11.6 Å². The molecular formula is C21H24FN4O+. The molecule has 2 N–H and O–H groups in total. The molecule has 0 bridgehead atoms. The second kappa shape index (κ2) is 7.48. The van der Waals surface area contributed by atoms with Gasteiger partial charge in [-0.1, -0.05) is 37.3 Å². The van der Waals surface area contributed by atoms with Crippen LogP contribution in [0.2, 0.25) is 0 Å². The quantitative estimate of drug-likeness (QED) is 0.668. The van der Waals surface area contributed by atoms with E-state index in [0.29, 0.717) is 18.3 Å². The van der Waals surface area contributed by atoms with Crippen molar-refractivity contribution in [2.24, 2.45) is 16.1 Å². The number of nitrogens with one attached hydrogen (secondary N) is 1. The summed E-state index contributed by atoms with van der Waals surface area (Å²) in [7, 11) is 0. The second-order valence-electron chi connectivity index (χ2n) is 7.38. The Morgan fingerprint density at radius 3 is 2.74 bits per heavy atom. The van der Waals surface area contributed by atoms with Crippen LogP contribution < -0.4 is 4.90 Å². The second-order valence-corrected chi connectivity index (χ2v) is 7.38. The molecule has 2 aromatic carbocycles. The van der Waals surface area contributed by atoms with E-state index in [2.05, 4.69) is 17.2 Å². The minimum Gasteiger partial charge on any atom is -0.493 e. The van der Waals surface area contributed by atoms with E-state index in [0.717, 1.165) is 24.0 Å². The molecule has 1 aliphatic rings. The maximum absolute atomic E-state index is 13.8. The van der Waals surface area contributed by atoms with E-state index >= 15 is 0 Å². The fraction of sp³-hybridized carbons (Fsp3) is 0.333. The molecule has 140 valence electrons. The number of nitrogens with zero attached hydrogens (tertiary/aromatic N) is 3. The maximum Gasteiger partial charge on any atom is 0.225 e. The van der Waals surface area contributed by atoms with Gasteiger partial charge in [0.2, 0.25) is 5.88 Å². The summed E-state index contributed by atoms with van der Waals surface area (Å²) in [5.74, 6) is 0.344. The van der Waals surface area contributed by atoms with Gasteiger partial charge in [0.15, 0.2) is 18.2 Å². The number of rotatable bonds is 4. The van der Waals surface area contributed by atoms with E-state index in [1.54, 1.807) is 18.2 Å². The van der Waals surface area contributed by atoms with Crippen molar-refractivity contribution in [2.75, 3.05) is 13.1 Å². The van der Waals surface area contributed by atoms with Crippen molar-refractivity contribution in [1.29, 1.82) is 0 Å². The predicted molar refractivity (Wildman–Crippen MR) is 103 cm³/mol. The van der Waals surface area contributed by atoms with Gasteiger partial charge in [-0.25, -0.2) is 4.39 Å². The van der Waals surface area contributed by atoms with Crippen LogP contribution in [0.1, 0.15) is 19.8 Å². The highest BCUT2D eigenvalue weighted by Crippen LogP contribution is 2.39. The molecule has 3 aromatic rings. The van der Waals surface area contributed by atoms with Crippen molar-refractivity contribution in [3.05, 3.63) is 54.3 Å². The van der Waals surface area contributed by atoms with Gasteiger partial charge in [-0.05, 0) is 31.0 Å². The number of hydrogen-bond donors (Lipinski definition) is 2. The maximum atomic E-state index is 13.8. The zero-order valence-corrected chi connectivity index (χ0v) is 15.4. The third-order valence-corrected chi connectivity index (χ3v) is 5.27. The number of benzene rings is 2. The van der Waals surface area contributed by atoms with Crippen LogP contribution in [0.4, 0.5) is 15.8 Å². The third kappa shape index (κ3) is 3.57. The number of piperidine rings is 1. The monoisotopic (exact) mass is 367 g/mol. The number of fused-ring (bicyclic) bond motifs is 1. The summed E-state index contributed by atoms with van der Waals surface area (Å²) in [5, 5.41) is 19.9. The topological polar surface area (TPSA) is 54.3 Å². The average molecular weight is 367 g/mol. The van der Waals surface area contributed by atoms with Crippen LogP contribution in [0.5, 0.6) is 5.88 Å². The first-order chi connectivity index (χ1) is 13.1. The first-order valence-corrected chi connectivity index (χ1v) is 9.43. The van der Waals surface area contributed by atoms with Crippen LogP contribution in [-0.4, -0.2) is 22.8 Å². The zero-order chi connectivity index (χ0) is 18.8. The SMILES string of the molecule is C[C@@H]1CCC[NH+](Cn2c(O)c(N=Nc3ccccc3F)c3ccccc32)C1. The van der Waals surface area contributed by atoms with Gasteiger partial charge in [0.25, 0.3) is 0 Å². The summed E-state index contributed by atoms with van der Waals surface area (Å²) in [6.07, 6.45) is 2.47. The van der Waals surface area contributed by atoms with E-state index in [9.17, 15) is 9.50 Å². The van der Waals surface area contributed by atoms with Crippen molar-refractivity contribution in [3.63, 3.8) is 0 Å². The number of aromatic hydroxyl groups is 1. The lowest BCUT2D eigenvalue weighted by Gasteiger charge is -2.28. The van der Waals surface area contributed by atoms with Gasteiger partial charge in [-0.3, -0.25) is 4.57 Å². The molecule has 2 atom stereocenters. The van der Waals surface area contributed by atoms with E-state index in [4.69, 9.17) is 0 Å². The molecule has 1 aromatic heterocycles. The molecule has 0 radical (unpaired) electrons. The van der Waals surface area contributed by atoms with E-state index < -0.39 is 5.82 Å². The van der Waals surface area contributed by atoms with Crippen LogP contribution in [0.15, 0.2) is 58.8 Å². The van der Waals surface area contributed by atoms with Crippen LogP contribution in [-0.2, 0) is 6.67 Å². The normalized spacial score (nSPS) is 20.5. The molecule has 1 aliphatic heterocycles. The fourth-order valence-electron chi connectivity index (χ4n) is 3.93. The van der Waals surface area contributed by atoms with Crippen LogP contribution in [0, 0.1) is 11.7 Å². The Kier molecular flexibility index (Phi) is 4.90. The molecule has 2 heterocycles. The average Bonchev–Trinajstić information content (AvgIpc) is 2.93. The Morgan fingerprint density at radius 1 is 1.15 bits per heavy atom. The van der Waals surface area contributed by atoms with Gasteiger partial charge in [0.1, 0.15) is 5.69 Å². The van der Waals surface area contributed by atoms with Gasteiger partial charge in [-0.2, -0.15) is 0 Å². The van der Waals surface area contributed by atoms with Gasteiger partial charge >= 0.3 is 0 Å². The lowest BCUT2D eigenvalue weighted by atomic mass is 10.0. The third-order valence-electron chi connectivity index (χ3n) is 5.27. The van der Waals surface area contributed by atoms with E-state index in [1.165, 1.54) is 23.8 Å². The van der Waals surface area contributed by atoms with E-state index in [1.807, 2.05) is 28.8 Å². The molecule has 0 spiro atoms. The van der Waals surface area contributed by atoms with Crippen LogP contribution in [0.25, 0.3) is 10.9 Å². The van der Waals surface area contributed by atoms with Crippen LogP contribution in [0.3, 0.4) is 0 Å². The molecule has 0 saturated carbocycles. The molecular weight excluding hydrogens is 343 g/mol. The minimum absolute atomic E-state index is 0.0852. The van der Waals surface area contributed by atoms with Gasteiger partial charge in [0, 0.05) is 11.3 Å². The highest BCUT2D eigenvalue weighted by Gasteiger charge is 2.23. The smallest absolute Gasteiger partial charge is 0.225 e. The summed E-state index contributed by atoms with van der Waals surface area (Å²) < 4.78 is 15.7. The number of para-hydroxylation sites is 1. The van der Waals surface area contributed by atoms with Crippen molar-refractivity contribution in [2.45, 2.75) is 26.4 Å². The Labute approximate surface area is 157 Å². The summed E-state index contributed by atoms with van der Waals surface area (Å²) in [6, 6.07) is 14.0. The highest BCUT2D eigenvalue weighted by molar-refractivity contribution is 5.94. The summed E-state index contributed by atoms with van der Waals surface area (Å²) in [5.41, 5.74) is 1.46. The van der Waals surface area contributed by atoms with Gasteiger partial charge in [-0.15, -0.1) is 10.2 Å². The molecule has 6 heteroatoms. The summed E-state index contributed by atoms with van der Waals surface area (Å²) in [6.45, 7) is 5.16. The standard InChI is InChI=1S/C21H23FN4O/c1-15-7-6-12-25(13-15)14-26-19-11-5-2-8-16(19)20(21(26)27)24-23-18-10-4-3-9-17(18)22/h2-5,8-11,15,27H,6-7,12-14H2,1H3/p+1/t15-/m1/s1. The highest BCUT2D eigenvalue weighted by atomic mass is 19.1. The fourth-order valence-corrected chi connectivity index (χ4v) is 3.93. The number of quaternary nitrogens is 1. The zero-order valence-electron chi connectivity index (χ0n) is 15.4. The number of likely N-dealkylation sites (tertiary alicyclic amines) is 1. The Morgan fingerprint density at radius 2 is 1.93 bits per heavy atom. The molecule has 5 nitrogen and oxygen atoms in total. The molecule has 0 amide bonds. The molecule has 1 unspecified atom stereocenters. The molecule has 0 aliphatic carbocycles. The first-order valence-electron chi connectivity index (χ1n) is 9.43. The van der Waals surface area contributed by atoms with Crippen LogP contribution >= 0.6 is 0 Å². The van der Waals surface area contributed by atoms with Crippen molar-refractivity contribution < 1.29 is 14.4 Å². The Balaban J connectivity index is 1.71.